The Hall–Kier alpha value is -1.18. The lowest BCUT2D eigenvalue weighted by Gasteiger charge is -2.21. The topological polar surface area (TPSA) is 15.3 Å². The molecule has 0 heterocycles. The summed E-state index contributed by atoms with van der Waals surface area (Å²) in [5.41, 5.74) is 3.83. The van der Waals surface area contributed by atoms with E-state index in [0.717, 1.165) is 6.54 Å². The van der Waals surface area contributed by atoms with E-state index >= 15 is 0 Å². The van der Waals surface area contributed by atoms with Crippen LogP contribution >= 0.6 is 0 Å². The van der Waals surface area contributed by atoms with Gasteiger partial charge in [-0.2, -0.15) is 0 Å². The highest BCUT2D eigenvalue weighted by molar-refractivity contribution is 5.61. The molecule has 0 unspecified atom stereocenters. The third-order valence-electron chi connectivity index (χ3n) is 2.47. The molecule has 78 valence electrons. The fraction of sp³-hybridized carbons (Fsp3) is 0.500. The van der Waals surface area contributed by atoms with E-state index in [2.05, 4.69) is 49.3 Å². The molecule has 1 N–H and O–H groups in total. The predicted octanol–water partition coefficient (Wildman–Crippen LogP) is 2.88. The van der Waals surface area contributed by atoms with Gasteiger partial charge in [-0.15, -0.1) is 0 Å². The van der Waals surface area contributed by atoms with Crippen molar-refractivity contribution >= 4 is 11.4 Å². The zero-order valence-electron chi connectivity index (χ0n) is 9.59. The molecule has 0 amide bonds. The summed E-state index contributed by atoms with van der Waals surface area (Å²) in [7, 11) is 4.10. The Bertz CT molecular complexity index is 294. The Morgan fingerprint density at radius 3 is 2.64 bits per heavy atom. The molecule has 0 radical (unpaired) electrons. The van der Waals surface area contributed by atoms with Gasteiger partial charge in [0.25, 0.3) is 0 Å². The molecule has 1 aromatic rings. The van der Waals surface area contributed by atoms with Gasteiger partial charge in [0.05, 0.1) is 0 Å². The highest BCUT2D eigenvalue weighted by Gasteiger charge is 2.03. The van der Waals surface area contributed by atoms with Crippen LogP contribution in [0.15, 0.2) is 18.2 Å². The molecule has 0 aliphatic carbocycles. The Balaban J connectivity index is 2.93. The van der Waals surface area contributed by atoms with Crippen molar-refractivity contribution in [3.05, 3.63) is 23.8 Å². The largest absolute Gasteiger partial charge is 0.388 e. The fourth-order valence-corrected chi connectivity index (χ4v) is 1.63. The highest BCUT2D eigenvalue weighted by Crippen LogP contribution is 2.23. The molecule has 0 saturated heterocycles. The normalized spacial score (nSPS) is 10.0. The molecule has 2 nitrogen and oxygen atoms in total. The van der Waals surface area contributed by atoms with Crippen molar-refractivity contribution in [3.8, 4) is 0 Å². The maximum Gasteiger partial charge on any atom is 0.0414 e. The third kappa shape index (κ3) is 2.41. The van der Waals surface area contributed by atoms with E-state index in [-0.39, 0.29) is 0 Å². The molecule has 0 spiro atoms. The van der Waals surface area contributed by atoms with Crippen LogP contribution in [0.4, 0.5) is 11.4 Å². The van der Waals surface area contributed by atoms with Crippen molar-refractivity contribution in [2.45, 2.75) is 20.3 Å². The summed E-state index contributed by atoms with van der Waals surface area (Å²) in [5.74, 6) is 0. The quantitative estimate of drug-likeness (QED) is 0.789. The first-order chi connectivity index (χ1) is 6.69. The molecule has 0 bridgehead atoms. The van der Waals surface area contributed by atoms with Crippen molar-refractivity contribution in [1.82, 2.24) is 0 Å². The molecule has 0 aromatic heterocycles. The van der Waals surface area contributed by atoms with Gasteiger partial charge >= 0.3 is 0 Å². The Kier molecular flexibility index (Phi) is 3.81. The number of aryl methyl sites for hydroxylation is 1. The zero-order valence-corrected chi connectivity index (χ0v) is 9.59. The molecule has 0 aliphatic rings. The summed E-state index contributed by atoms with van der Waals surface area (Å²) in [5, 5.41) is 3.16. The van der Waals surface area contributed by atoms with Crippen LogP contribution in [0.2, 0.25) is 0 Å². The molecule has 0 fully saturated rings. The van der Waals surface area contributed by atoms with Crippen LogP contribution in [-0.2, 0) is 0 Å². The number of anilines is 2. The monoisotopic (exact) mass is 192 g/mol. The minimum atomic E-state index is 1.11. The van der Waals surface area contributed by atoms with E-state index in [1.165, 1.54) is 23.4 Å². The maximum atomic E-state index is 3.16. The molecule has 0 saturated carbocycles. The number of rotatable bonds is 4. The molecule has 14 heavy (non-hydrogen) atoms. The van der Waals surface area contributed by atoms with E-state index in [9.17, 15) is 0 Å². The first-order valence-corrected chi connectivity index (χ1v) is 5.18. The molecule has 1 rings (SSSR count). The standard InChI is InChI=1S/C12H20N2/c1-5-8-14(4)12-9-11(13-3)7-6-10(12)2/h6-7,9,13H,5,8H2,1-4H3. The molecule has 0 aliphatic heterocycles. The molecular weight excluding hydrogens is 172 g/mol. The minimum absolute atomic E-state index is 1.11. The number of hydrogen-bond acceptors (Lipinski definition) is 2. The van der Waals surface area contributed by atoms with Gasteiger partial charge in [0.1, 0.15) is 0 Å². The summed E-state index contributed by atoms with van der Waals surface area (Å²) in [6, 6.07) is 6.47. The maximum absolute atomic E-state index is 3.16. The van der Waals surface area contributed by atoms with E-state index in [1.54, 1.807) is 0 Å². The lowest BCUT2D eigenvalue weighted by Crippen LogP contribution is -2.18. The summed E-state index contributed by atoms with van der Waals surface area (Å²) >= 11 is 0. The van der Waals surface area contributed by atoms with Crippen molar-refractivity contribution in [2.24, 2.45) is 0 Å². The van der Waals surface area contributed by atoms with Crippen molar-refractivity contribution in [3.63, 3.8) is 0 Å². The number of hydrogen-bond donors (Lipinski definition) is 1. The van der Waals surface area contributed by atoms with Gasteiger partial charge in [-0.05, 0) is 31.0 Å². The smallest absolute Gasteiger partial charge is 0.0414 e. The lowest BCUT2D eigenvalue weighted by atomic mass is 10.1. The average Bonchev–Trinajstić information content (AvgIpc) is 2.19. The van der Waals surface area contributed by atoms with E-state index in [4.69, 9.17) is 0 Å². The molecule has 0 atom stereocenters. The average molecular weight is 192 g/mol. The second-order valence-electron chi connectivity index (χ2n) is 3.67. The third-order valence-corrected chi connectivity index (χ3v) is 2.47. The van der Waals surface area contributed by atoms with Gasteiger partial charge in [0.15, 0.2) is 0 Å². The van der Waals surface area contributed by atoms with Gasteiger partial charge < -0.3 is 10.2 Å². The van der Waals surface area contributed by atoms with Crippen LogP contribution in [0.25, 0.3) is 0 Å². The van der Waals surface area contributed by atoms with Crippen LogP contribution in [0.1, 0.15) is 18.9 Å². The van der Waals surface area contributed by atoms with Crippen molar-refractivity contribution in [2.75, 3.05) is 30.9 Å². The number of benzene rings is 1. The van der Waals surface area contributed by atoms with Crippen LogP contribution in [0.5, 0.6) is 0 Å². The van der Waals surface area contributed by atoms with Gasteiger partial charge in [-0.25, -0.2) is 0 Å². The van der Waals surface area contributed by atoms with E-state index in [1.807, 2.05) is 7.05 Å². The molecular formula is C12H20N2. The van der Waals surface area contributed by atoms with Crippen molar-refractivity contribution in [1.29, 1.82) is 0 Å². The predicted molar refractivity (Wildman–Crippen MR) is 64.3 cm³/mol. The Labute approximate surface area is 86.9 Å². The van der Waals surface area contributed by atoms with Crippen LogP contribution in [-0.4, -0.2) is 20.6 Å². The second-order valence-corrected chi connectivity index (χ2v) is 3.67. The second kappa shape index (κ2) is 4.89. The van der Waals surface area contributed by atoms with Gasteiger partial charge in [0.2, 0.25) is 0 Å². The van der Waals surface area contributed by atoms with Gasteiger partial charge in [-0.3, -0.25) is 0 Å². The van der Waals surface area contributed by atoms with Crippen molar-refractivity contribution < 1.29 is 0 Å². The van der Waals surface area contributed by atoms with Crippen LogP contribution in [0, 0.1) is 6.92 Å². The Morgan fingerprint density at radius 1 is 1.36 bits per heavy atom. The fourth-order valence-electron chi connectivity index (χ4n) is 1.63. The van der Waals surface area contributed by atoms with E-state index < -0.39 is 0 Å². The minimum Gasteiger partial charge on any atom is -0.388 e. The van der Waals surface area contributed by atoms with Crippen LogP contribution < -0.4 is 10.2 Å². The highest BCUT2D eigenvalue weighted by atomic mass is 15.1. The van der Waals surface area contributed by atoms with E-state index in [0.29, 0.717) is 0 Å². The SMILES string of the molecule is CCCN(C)c1cc(NC)ccc1C. The molecule has 1 aromatic carbocycles. The van der Waals surface area contributed by atoms with Crippen LogP contribution in [0.3, 0.4) is 0 Å². The first kappa shape index (κ1) is 10.9. The lowest BCUT2D eigenvalue weighted by molar-refractivity contribution is 0.849. The van der Waals surface area contributed by atoms with Gasteiger partial charge in [0, 0.05) is 32.0 Å². The summed E-state index contributed by atoms with van der Waals surface area (Å²) in [4.78, 5) is 2.30. The summed E-state index contributed by atoms with van der Waals surface area (Å²) in [6.45, 7) is 5.46. The molecule has 2 heteroatoms. The number of nitrogens with one attached hydrogen (secondary N) is 1. The number of nitrogens with zero attached hydrogens (tertiary/aromatic N) is 1. The first-order valence-electron chi connectivity index (χ1n) is 5.18. The summed E-state index contributed by atoms with van der Waals surface area (Å²) < 4.78 is 0. The Morgan fingerprint density at radius 2 is 2.07 bits per heavy atom. The van der Waals surface area contributed by atoms with Gasteiger partial charge in [-0.1, -0.05) is 13.0 Å². The zero-order chi connectivity index (χ0) is 10.6. The summed E-state index contributed by atoms with van der Waals surface area (Å²) in [6.07, 6.45) is 1.18.